The summed E-state index contributed by atoms with van der Waals surface area (Å²) in [7, 11) is 0. The van der Waals surface area contributed by atoms with Gasteiger partial charge in [0.05, 0.1) is 0 Å². The summed E-state index contributed by atoms with van der Waals surface area (Å²) in [5.74, 6) is -3.16. The van der Waals surface area contributed by atoms with E-state index in [1.807, 2.05) is 5.32 Å². The van der Waals surface area contributed by atoms with E-state index >= 15 is 0 Å². The highest BCUT2D eigenvalue weighted by Crippen LogP contribution is 2.18. The fraction of sp³-hybridized carbons (Fsp3) is 0.769. The Labute approximate surface area is 129 Å². The molecule has 0 aliphatic heterocycles. The number of hydrogen-bond acceptors (Lipinski definition) is 6. The van der Waals surface area contributed by atoms with Crippen LogP contribution in [0.5, 0.6) is 0 Å². The molecule has 0 aromatic carbocycles. The largest absolute Gasteiger partial charge is 0.479 e. The van der Waals surface area contributed by atoms with Crippen LogP contribution in [-0.4, -0.2) is 45.6 Å². The normalized spacial score (nSPS) is 14.8. The van der Waals surface area contributed by atoms with Crippen molar-refractivity contribution in [1.29, 1.82) is 0 Å². The van der Waals surface area contributed by atoms with Gasteiger partial charge in [0.25, 0.3) is 0 Å². The summed E-state index contributed by atoms with van der Waals surface area (Å²) >= 11 is 3.86. The Bertz CT molecular complexity index is 423. The molecule has 0 aliphatic carbocycles. The first-order chi connectivity index (χ1) is 9.23. The molecule has 1 amide bonds. The topological polar surface area (TPSA) is 102 Å². The Kier molecular flexibility index (Phi) is 6.10. The molecule has 0 spiro atoms. The average Bonchev–Trinajstić information content (AvgIpc) is 2.20. The monoisotopic (exact) mass is 321 g/mol. The molecule has 7 nitrogen and oxygen atoms in total. The van der Waals surface area contributed by atoms with Gasteiger partial charge in [0.1, 0.15) is 11.2 Å². The van der Waals surface area contributed by atoms with Gasteiger partial charge >= 0.3 is 18.0 Å². The van der Waals surface area contributed by atoms with E-state index in [0.29, 0.717) is 0 Å². The zero-order valence-corrected chi connectivity index (χ0v) is 14.0. The van der Waals surface area contributed by atoms with Crippen molar-refractivity contribution in [2.45, 2.75) is 58.3 Å². The third-order valence-corrected chi connectivity index (χ3v) is 2.54. The van der Waals surface area contributed by atoms with Crippen molar-refractivity contribution in [3.05, 3.63) is 0 Å². The second-order valence-corrected chi connectivity index (χ2v) is 6.81. The van der Waals surface area contributed by atoms with Crippen molar-refractivity contribution in [3.63, 3.8) is 0 Å². The number of carbonyl (C=O) groups is 3. The van der Waals surface area contributed by atoms with Gasteiger partial charge in [-0.3, -0.25) is 5.32 Å². The van der Waals surface area contributed by atoms with E-state index in [4.69, 9.17) is 9.47 Å². The molecule has 8 heteroatoms. The molecule has 0 aromatic rings. The number of esters is 1. The molecule has 0 radical (unpaired) electrons. The minimum atomic E-state index is -2.31. The van der Waals surface area contributed by atoms with E-state index in [9.17, 15) is 19.5 Å². The Morgan fingerprint density at radius 3 is 1.71 bits per heavy atom. The molecule has 0 saturated carbocycles. The molecule has 0 saturated heterocycles. The lowest BCUT2D eigenvalue weighted by molar-refractivity contribution is -0.169. The Morgan fingerprint density at radius 2 is 1.43 bits per heavy atom. The van der Waals surface area contributed by atoms with Crippen molar-refractivity contribution in [2.24, 2.45) is 0 Å². The van der Waals surface area contributed by atoms with Gasteiger partial charge in [-0.05, 0) is 41.5 Å². The van der Waals surface area contributed by atoms with Gasteiger partial charge in [0.15, 0.2) is 0 Å². The molecular weight excluding hydrogens is 298 g/mol. The zero-order chi connectivity index (χ0) is 17.1. The van der Waals surface area contributed by atoms with E-state index in [0.717, 1.165) is 0 Å². The van der Waals surface area contributed by atoms with Gasteiger partial charge in [-0.15, -0.1) is 0 Å². The Morgan fingerprint density at radius 1 is 1.00 bits per heavy atom. The number of carbonyl (C=O) groups excluding carboxylic acids is 2. The van der Waals surface area contributed by atoms with Crippen LogP contribution in [0.2, 0.25) is 0 Å². The lowest BCUT2D eigenvalue weighted by Crippen LogP contribution is -2.63. The number of amides is 1. The van der Waals surface area contributed by atoms with Crippen LogP contribution < -0.4 is 5.32 Å². The quantitative estimate of drug-likeness (QED) is 0.413. The summed E-state index contributed by atoms with van der Waals surface area (Å²) in [6.45, 7) is 9.60. The van der Waals surface area contributed by atoms with Crippen molar-refractivity contribution < 1.29 is 29.0 Å². The van der Waals surface area contributed by atoms with Crippen molar-refractivity contribution in [3.8, 4) is 0 Å². The Hall–Kier alpha value is -1.44. The van der Waals surface area contributed by atoms with Crippen LogP contribution in [0.15, 0.2) is 0 Å². The van der Waals surface area contributed by atoms with Crippen molar-refractivity contribution in [2.75, 3.05) is 5.75 Å². The Balaban J connectivity index is 5.33. The number of carboxylic acids is 1. The van der Waals surface area contributed by atoms with Crippen LogP contribution in [0.4, 0.5) is 4.79 Å². The van der Waals surface area contributed by atoms with E-state index in [2.05, 4.69) is 12.6 Å². The maximum absolute atomic E-state index is 12.1. The first kappa shape index (κ1) is 19.6. The molecule has 1 atom stereocenters. The van der Waals surface area contributed by atoms with Gasteiger partial charge in [0, 0.05) is 5.75 Å². The lowest BCUT2D eigenvalue weighted by Gasteiger charge is -2.31. The number of aliphatic carboxylic acids is 1. The molecule has 21 heavy (non-hydrogen) atoms. The SMILES string of the molecule is CC(C)(C)OC(=O)NC(CS)(C(=O)O)C(=O)OC(C)(C)C. The average molecular weight is 321 g/mol. The summed E-state index contributed by atoms with van der Waals surface area (Å²) in [6, 6.07) is 0. The van der Waals surface area contributed by atoms with Crippen LogP contribution in [0.3, 0.4) is 0 Å². The highest BCUT2D eigenvalue weighted by molar-refractivity contribution is 7.80. The zero-order valence-electron chi connectivity index (χ0n) is 13.1. The van der Waals surface area contributed by atoms with Crippen LogP contribution in [0, 0.1) is 0 Å². The van der Waals surface area contributed by atoms with Gasteiger partial charge < -0.3 is 14.6 Å². The number of carboxylic acid groups (broad SMARTS) is 1. The molecular formula is C13H23NO6S. The fourth-order valence-corrected chi connectivity index (χ4v) is 1.55. The molecule has 0 aromatic heterocycles. The van der Waals surface area contributed by atoms with Gasteiger partial charge in [-0.25, -0.2) is 14.4 Å². The van der Waals surface area contributed by atoms with E-state index in [1.54, 1.807) is 41.5 Å². The molecule has 1 unspecified atom stereocenters. The standard InChI is InChI=1S/C13H23NO6S/c1-11(2,3)19-9(17)13(7-21,8(15)16)14-10(18)20-12(4,5)6/h21H,7H2,1-6H3,(H,14,18)(H,15,16). The minimum absolute atomic E-state index is 0.476. The van der Waals surface area contributed by atoms with Gasteiger partial charge in [0.2, 0.25) is 5.54 Å². The molecule has 0 heterocycles. The molecule has 122 valence electrons. The maximum Gasteiger partial charge on any atom is 0.409 e. The van der Waals surface area contributed by atoms with E-state index < -0.39 is 40.5 Å². The van der Waals surface area contributed by atoms with Crippen LogP contribution >= 0.6 is 12.6 Å². The molecule has 0 rings (SSSR count). The van der Waals surface area contributed by atoms with E-state index in [1.165, 1.54) is 0 Å². The number of ether oxygens (including phenoxy) is 2. The third kappa shape index (κ3) is 6.24. The molecule has 0 fully saturated rings. The first-order valence-electron chi connectivity index (χ1n) is 6.32. The van der Waals surface area contributed by atoms with Crippen LogP contribution in [0.1, 0.15) is 41.5 Å². The number of alkyl carbamates (subject to hydrolysis) is 1. The third-order valence-electron chi connectivity index (χ3n) is 2.06. The number of rotatable bonds is 4. The first-order valence-corrected chi connectivity index (χ1v) is 6.95. The highest BCUT2D eigenvalue weighted by atomic mass is 32.1. The lowest BCUT2D eigenvalue weighted by atomic mass is 10.0. The molecule has 0 bridgehead atoms. The van der Waals surface area contributed by atoms with Crippen molar-refractivity contribution in [1.82, 2.24) is 5.32 Å². The van der Waals surface area contributed by atoms with Gasteiger partial charge in [-0.2, -0.15) is 12.6 Å². The van der Waals surface area contributed by atoms with Gasteiger partial charge in [-0.1, -0.05) is 0 Å². The van der Waals surface area contributed by atoms with Crippen LogP contribution in [-0.2, 0) is 19.1 Å². The summed E-state index contributed by atoms with van der Waals surface area (Å²) < 4.78 is 10.0. The minimum Gasteiger partial charge on any atom is -0.479 e. The highest BCUT2D eigenvalue weighted by Gasteiger charge is 2.50. The summed E-state index contributed by atoms with van der Waals surface area (Å²) in [5.41, 5.74) is -4.05. The number of nitrogens with one attached hydrogen (secondary N) is 1. The predicted octanol–water partition coefficient (Wildman–Crippen LogP) is 1.61. The second-order valence-electron chi connectivity index (χ2n) is 6.50. The molecule has 0 aliphatic rings. The van der Waals surface area contributed by atoms with Crippen molar-refractivity contribution >= 4 is 30.7 Å². The fourth-order valence-electron chi connectivity index (χ4n) is 1.21. The second kappa shape index (κ2) is 6.55. The summed E-state index contributed by atoms with van der Waals surface area (Å²) in [6.07, 6.45) is -1.04. The van der Waals surface area contributed by atoms with Crippen LogP contribution in [0.25, 0.3) is 0 Å². The number of hydrogen-bond donors (Lipinski definition) is 3. The maximum atomic E-state index is 12.1. The summed E-state index contributed by atoms with van der Waals surface area (Å²) in [4.78, 5) is 35.4. The smallest absolute Gasteiger partial charge is 0.409 e. The summed E-state index contributed by atoms with van der Waals surface area (Å²) in [5, 5.41) is 11.4. The predicted molar refractivity (Wildman–Crippen MR) is 79.4 cm³/mol. The molecule has 2 N–H and O–H groups in total. The van der Waals surface area contributed by atoms with E-state index in [-0.39, 0.29) is 0 Å². The number of thiol groups is 1.